The van der Waals surface area contributed by atoms with Crippen molar-refractivity contribution in [3.05, 3.63) is 58.7 Å². The number of hydrogen-bond donors (Lipinski definition) is 0. The molecule has 3 heteroatoms. The topological polar surface area (TPSA) is 35.5 Å². The van der Waals surface area contributed by atoms with Gasteiger partial charge in [0.15, 0.2) is 17.8 Å². The van der Waals surface area contributed by atoms with E-state index in [1.54, 1.807) is 14.2 Å². The van der Waals surface area contributed by atoms with Crippen molar-refractivity contribution in [3.8, 4) is 11.5 Å². The predicted octanol–water partition coefficient (Wildman–Crippen LogP) is 4.88. The SMILES string of the molecule is COc1c(C)ccc(/C(C=O)=C/c2ccccc2C(C)C)c1OC. The minimum Gasteiger partial charge on any atom is -0.493 e. The fourth-order valence-corrected chi connectivity index (χ4v) is 2.86. The first-order valence-electron chi connectivity index (χ1n) is 8.01. The Morgan fingerprint density at radius 1 is 1.00 bits per heavy atom. The summed E-state index contributed by atoms with van der Waals surface area (Å²) in [5.41, 5.74) is 4.50. The molecule has 0 aromatic heterocycles. The van der Waals surface area contributed by atoms with Crippen molar-refractivity contribution in [2.24, 2.45) is 0 Å². The van der Waals surface area contributed by atoms with Crippen LogP contribution >= 0.6 is 0 Å². The molecule has 0 unspecified atom stereocenters. The van der Waals surface area contributed by atoms with Crippen LogP contribution in [0.4, 0.5) is 0 Å². The molecule has 2 aromatic carbocycles. The largest absolute Gasteiger partial charge is 0.493 e. The standard InChI is InChI=1S/C21H24O3/c1-14(2)18-9-7-6-8-16(18)12-17(13-22)19-11-10-15(3)20(23-4)21(19)24-5/h6-14H,1-5H3/b17-12+. The summed E-state index contributed by atoms with van der Waals surface area (Å²) in [6.45, 7) is 6.23. The van der Waals surface area contributed by atoms with Gasteiger partial charge in [-0.1, -0.05) is 44.2 Å². The molecule has 0 heterocycles. The van der Waals surface area contributed by atoms with E-state index < -0.39 is 0 Å². The van der Waals surface area contributed by atoms with Crippen molar-refractivity contribution in [1.82, 2.24) is 0 Å². The molecule has 0 N–H and O–H groups in total. The molecule has 0 aliphatic heterocycles. The highest BCUT2D eigenvalue weighted by molar-refractivity contribution is 6.14. The highest BCUT2D eigenvalue weighted by atomic mass is 16.5. The van der Waals surface area contributed by atoms with Crippen molar-refractivity contribution < 1.29 is 14.3 Å². The average molecular weight is 324 g/mol. The first-order chi connectivity index (χ1) is 11.5. The van der Waals surface area contributed by atoms with Gasteiger partial charge < -0.3 is 9.47 Å². The molecule has 0 bridgehead atoms. The molecule has 2 rings (SSSR count). The van der Waals surface area contributed by atoms with Gasteiger partial charge in [-0.2, -0.15) is 0 Å². The number of methoxy groups -OCH3 is 2. The van der Waals surface area contributed by atoms with Crippen LogP contribution < -0.4 is 9.47 Å². The van der Waals surface area contributed by atoms with Crippen LogP contribution in [0.2, 0.25) is 0 Å². The second-order valence-corrected chi connectivity index (χ2v) is 6.00. The van der Waals surface area contributed by atoms with Gasteiger partial charge in [0.2, 0.25) is 0 Å². The molecule has 0 spiro atoms. The Kier molecular flexibility index (Phi) is 5.80. The molecule has 0 aliphatic carbocycles. The molecule has 0 fully saturated rings. The van der Waals surface area contributed by atoms with Crippen LogP contribution in [-0.4, -0.2) is 20.5 Å². The molecule has 0 saturated heterocycles. The molecule has 0 saturated carbocycles. The lowest BCUT2D eigenvalue weighted by Crippen LogP contribution is -1.99. The third-order valence-corrected chi connectivity index (χ3v) is 4.08. The van der Waals surface area contributed by atoms with Crippen molar-refractivity contribution in [3.63, 3.8) is 0 Å². The van der Waals surface area contributed by atoms with Gasteiger partial charge in [0.1, 0.15) is 0 Å². The summed E-state index contributed by atoms with van der Waals surface area (Å²) in [6, 6.07) is 11.9. The first-order valence-corrected chi connectivity index (χ1v) is 8.01. The maximum Gasteiger partial charge on any atom is 0.168 e. The van der Waals surface area contributed by atoms with E-state index in [-0.39, 0.29) is 0 Å². The molecule has 2 aromatic rings. The van der Waals surface area contributed by atoms with Crippen molar-refractivity contribution in [2.45, 2.75) is 26.7 Å². The summed E-state index contributed by atoms with van der Waals surface area (Å²) in [5.74, 6) is 1.61. The molecule has 0 aliphatic rings. The number of benzene rings is 2. The highest BCUT2D eigenvalue weighted by Gasteiger charge is 2.16. The second-order valence-electron chi connectivity index (χ2n) is 6.00. The monoisotopic (exact) mass is 324 g/mol. The summed E-state index contributed by atoms with van der Waals surface area (Å²) < 4.78 is 11.0. The fraction of sp³-hybridized carbons (Fsp3) is 0.286. The van der Waals surface area contributed by atoms with Gasteiger partial charge in [0.25, 0.3) is 0 Å². The van der Waals surface area contributed by atoms with Gasteiger partial charge >= 0.3 is 0 Å². The third-order valence-electron chi connectivity index (χ3n) is 4.08. The van der Waals surface area contributed by atoms with Crippen LogP contribution in [0.5, 0.6) is 11.5 Å². The van der Waals surface area contributed by atoms with Crippen molar-refractivity contribution in [1.29, 1.82) is 0 Å². The number of carbonyl (C=O) groups excluding carboxylic acids is 1. The molecule has 3 nitrogen and oxygen atoms in total. The molecular weight excluding hydrogens is 300 g/mol. The maximum absolute atomic E-state index is 11.8. The first kappa shape index (κ1) is 17.8. The number of rotatable bonds is 6. The van der Waals surface area contributed by atoms with Crippen LogP contribution in [0.15, 0.2) is 36.4 Å². The summed E-state index contributed by atoms with van der Waals surface area (Å²) in [6.07, 6.45) is 2.78. The number of hydrogen-bond acceptors (Lipinski definition) is 3. The normalized spacial score (nSPS) is 11.5. The van der Waals surface area contributed by atoms with E-state index in [1.807, 2.05) is 43.3 Å². The lowest BCUT2D eigenvalue weighted by molar-refractivity contribution is -0.103. The van der Waals surface area contributed by atoms with Gasteiger partial charge in [0, 0.05) is 11.1 Å². The lowest BCUT2D eigenvalue weighted by atomic mass is 9.94. The van der Waals surface area contributed by atoms with E-state index in [4.69, 9.17) is 9.47 Å². The van der Waals surface area contributed by atoms with Crippen molar-refractivity contribution in [2.75, 3.05) is 14.2 Å². The van der Waals surface area contributed by atoms with Crippen LogP contribution in [0.1, 0.15) is 42.0 Å². The quantitative estimate of drug-likeness (QED) is 0.432. The number of aldehydes is 1. The van der Waals surface area contributed by atoms with Crippen LogP contribution in [0, 0.1) is 6.92 Å². The molecule has 126 valence electrons. The number of allylic oxidation sites excluding steroid dienone is 1. The second kappa shape index (κ2) is 7.82. The smallest absolute Gasteiger partial charge is 0.168 e. The zero-order valence-electron chi connectivity index (χ0n) is 14.9. The molecule has 0 atom stereocenters. The highest BCUT2D eigenvalue weighted by Crippen LogP contribution is 2.38. The number of carbonyl (C=O) groups is 1. The average Bonchev–Trinajstić information content (AvgIpc) is 2.59. The summed E-state index contributed by atoms with van der Waals surface area (Å²) in [7, 11) is 3.19. The molecule has 0 amide bonds. The predicted molar refractivity (Wildman–Crippen MR) is 98.7 cm³/mol. The van der Waals surface area contributed by atoms with E-state index in [0.29, 0.717) is 23.0 Å². The summed E-state index contributed by atoms with van der Waals surface area (Å²) in [5, 5.41) is 0. The summed E-state index contributed by atoms with van der Waals surface area (Å²) in [4.78, 5) is 11.8. The fourth-order valence-electron chi connectivity index (χ4n) is 2.86. The lowest BCUT2D eigenvalue weighted by Gasteiger charge is -2.15. The van der Waals surface area contributed by atoms with Crippen LogP contribution in [0.25, 0.3) is 11.6 Å². The van der Waals surface area contributed by atoms with E-state index >= 15 is 0 Å². The Balaban J connectivity index is 2.64. The van der Waals surface area contributed by atoms with Crippen molar-refractivity contribution >= 4 is 17.9 Å². The minimum absolute atomic E-state index is 0.375. The summed E-state index contributed by atoms with van der Waals surface area (Å²) >= 11 is 0. The van der Waals surface area contributed by atoms with Gasteiger partial charge in [0.05, 0.1) is 14.2 Å². The maximum atomic E-state index is 11.8. The van der Waals surface area contributed by atoms with Crippen LogP contribution in [-0.2, 0) is 4.79 Å². The van der Waals surface area contributed by atoms with E-state index in [0.717, 1.165) is 23.0 Å². The third kappa shape index (κ3) is 3.51. The Labute approximate surface area is 143 Å². The Morgan fingerprint density at radius 3 is 2.25 bits per heavy atom. The minimum atomic E-state index is 0.375. The zero-order valence-corrected chi connectivity index (χ0v) is 14.9. The van der Waals surface area contributed by atoms with Gasteiger partial charge in [-0.05, 0) is 41.7 Å². The number of ether oxygens (including phenoxy) is 2. The van der Waals surface area contributed by atoms with Gasteiger partial charge in [-0.3, -0.25) is 4.79 Å². The van der Waals surface area contributed by atoms with Gasteiger partial charge in [-0.25, -0.2) is 0 Å². The Morgan fingerprint density at radius 2 is 1.67 bits per heavy atom. The molecule has 24 heavy (non-hydrogen) atoms. The molecule has 0 radical (unpaired) electrons. The molecular formula is C21H24O3. The number of aryl methyl sites for hydroxylation is 1. The zero-order chi connectivity index (χ0) is 17.7. The Hall–Kier alpha value is -2.55. The van der Waals surface area contributed by atoms with E-state index in [9.17, 15) is 4.79 Å². The van der Waals surface area contributed by atoms with Gasteiger partial charge in [-0.15, -0.1) is 0 Å². The van der Waals surface area contributed by atoms with Crippen LogP contribution in [0.3, 0.4) is 0 Å². The van der Waals surface area contributed by atoms with E-state index in [2.05, 4.69) is 19.9 Å². The van der Waals surface area contributed by atoms with E-state index in [1.165, 1.54) is 5.56 Å². The Bertz CT molecular complexity index is 758.